The van der Waals surface area contributed by atoms with E-state index in [-0.39, 0.29) is 0 Å². The van der Waals surface area contributed by atoms with Crippen molar-refractivity contribution < 1.29 is 0 Å². The second-order valence-corrected chi connectivity index (χ2v) is 5.90. The summed E-state index contributed by atoms with van der Waals surface area (Å²) >= 11 is 1.70. The first-order chi connectivity index (χ1) is 11.8. The van der Waals surface area contributed by atoms with Gasteiger partial charge in [-0.1, -0.05) is 12.1 Å². The minimum absolute atomic E-state index is 0.607. The molecule has 0 radical (unpaired) electrons. The predicted molar refractivity (Wildman–Crippen MR) is 101 cm³/mol. The van der Waals surface area contributed by atoms with Crippen LogP contribution < -0.4 is 10.6 Å². The van der Waals surface area contributed by atoms with Gasteiger partial charge in [-0.2, -0.15) is 4.98 Å². The van der Waals surface area contributed by atoms with Gasteiger partial charge in [0.25, 0.3) is 0 Å². The molecule has 24 heavy (non-hydrogen) atoms. The topological polar surface area (TPSA) is 62.7 Å². The lowest BCUT2D eigenvalue weighted by Crippen LogP contribution is -2.05. The molecule has 0 amide bonds. The zero-order chi connectivity index (χ0) is 16.8. The van der Waals surface area contributed by atoms with Crippen molar-refractivity contribution in [2.24, 2.45) is 0 Å². The highest BCUT2D eigenvalue weighted by Gasteiger charge is 2.08. The number of para-hydroxylation sites is 1. The Morgan fingerprint density at radius 1 is 1.04 bits per heavy atom. The molecule has 2 heterocycles. The summed E-state index contributed by atoms with van der Waals surface area (Å²) in [5.41, 5.74) is 2.90. The smallest absolute Gasteiger partial charge is 0.225 e. The van der Waals surface area contributed by atoms with Crippen molar-refractivity contribution in [1.82, 2.24) is 15.0 Å². The average Bonchev–Trinajstić information content (AvgIpc) is 2.63. The van der Waals surface area contributed by atoms with E-state index in [4.69, 9.17) is 0 Å². The summed E-state index contributed by atoms with van der Waals surface area (Å²) in [7, 11) is 0. The summed E-state index contributed by atoms with van der Waals surface area (Å²) in [6, 6.07) is 14.0. The highest BCUT2D eigenvalue weighted by molar-refractivity contribution is 7.98. The molecule has 0 saturated carbocycles. The van der Waals surface area contributed by atoms with Gasteiger partial charge in [-0.05, 0) is 37.4 Å². The van der Waals surface area contributed by atoms with Crippen LogP contribution in [0, 0.1) is 0 Å². The molecule has 0 bridgehead atoms. The van der Waals surface area contributed by atoms with Gasteiger partial charge in [0.05, 0.1) is 11.4 Å². The summed E-state index contributed by atoms with van der Waals surface area (Å²) in [5, 5.41) is 6.59. The van der Waals surface area contributed by atoms with Gasteiger partial charge < -0.3 is 10.6 Å². The molecule has 3 aromatic rings. The van der Waals surface area contributed by atoms with E-state index in [2.05, 4.69) is 37.9 Å². The largest absolute Gasteiger partial charge is 0.354 e. The number of thioether (sulfide) groups is 1. The Bertz CT molecular complexity index is 808. The SMILES string of the molecule is CCNc1nc(Nc2ccccc2SC)cc(-c2ccncc2)n1. The maximum absolute atomic E-state index is 4.58. The van der Waals surface area contributed by atoms with E-state index >= 15 is 0 Å². The van der Waals surface area contributed by atoms with E-state index in [1.54, 1.807) is 24.2 Å². The van der Waals surface area contributed by atoms with Gasteiger partial charge in [0.1, 0.15) is 5.82 Å². The summed E-state index contributed by atoms with van der Waals surface area (Å²) in [6.45, 7) is 2.79. The maximum atomic E-state index is 4.58. The van der Waals surface area contributed by atoms with Crippen LogP contribution in [0.3, 0.4) is 0 Å². The fourth-order valence-electron chi connectivity index (χ4n) is 2.30. The molecular formula is C18H19N5S. The normalized spacial score (nSPS) is 10.4. The van der Waals surface area contributed by atoms with E-state index in [1.807, 2.05) is 43.3 Å². The minimum atomic E-state index is 0.607. The molecule has 0 aliphatic rings. The Kier molecular flexibility index (Phi) is 5.28. The molecule has 0 unspecified atom stereocenters. The van der Waals surface area contributed by atoms with Crippen molar-refractivity contribution in [1.29, 1.82) is 0 Å². The lowest BCUT2D eigenvalue weighted by atomic mass is 10.2. The number of rotatable bonds is 6. The van der Waals surface area contributed by atoms with E-state index in [0.29, 0.717) is 5.95 Å². The lowest BCUT2D eigenvalue weighted by molar-refractivity contribution is 1.09. The van der Waals surface area contributed by atoms with Crippen molar-refractivity contribution in [2.45, 2.75) is 11.8 Å². The summed E-state index contributed by atoms with van der Waals surface area (Å²) in [4.78, 5) is 14.4. The van der Waals surface area contributed by atoms with Gasteiger partial charge in [0, 0.05) is 35.5 Å². The molecule has 0 saturated heterocycles. The maximum Gasteiger partial charge on any atom is 0.225 e. The third-order valence-electron chi connectivity index (χ3n) is 3.41. The van der Waals surface area contributed by atoms with Crippen LogP contribution in [0.1, 0.15) is 6.92 Å². The molecule has 5 nitrogen and oxygen atoms in total. The number of hydrogen-bond acceptors (Lipinski definition) is 6. The van der Waals surface area contributed by atoms with Gasteiger partial charge in [-0.25, -0.2) is 4.98 Å². The fraction of sp³-hybridized carbons (Fsp3) is 0.167. The van der Waals surface area contributed by atoms with Gasteiger partial charge in [-0.3, -0.25) is 4.98 Å². The van der Waals surface area contributed by atoms with E-state index < -0.39 is 0 Å². The van der Waals surface area contributed by atoms with Crippen molar-refractivity contribution >= 4 is 29.2 Å². The second kappa shape index (κ2) is 7.79. The van der Waals surface area contributed by atoms with Gasteiger partial charge in [0.15, 0.2) is 0 Å². The summed E-state index contributed by atoms with van der Waals surface area (Å²) in [6.07, 6.45) is 5.59. The molecular weight excluding hydrogens is 318 g/mol. The molecule has 0 aliphatic carbocycles. The van der Waals surface area contributed by atoms with Crippen molar-refractivity contribution in [3.05, 3.63) is 54.9 Å². The molecule has 1 aromatic carbocycles. The monoisotopic (exact) mass is 337 g/mol. The van der Waals surface area contributed by atoms with Crippen LogP contribution in [0.4, 0.5) is 17.5 Å². The van der Waals surface area contributed by atoms with Gasteiger partial charge >= 0.3 is 0 Å². The van der Waals surface area contributed by atoms with Crippen LogP contribution in [0.15, 0.2) is 59.8 Å². The Morgan fingerprint density at radius 3 is 2.58 bits per heavy atom. The zero-order valence-corrected chi connectivity index (χ0v) is 14.5. The minimum Gasteiger partial charge on any atom is -0.354 e. The highest BCUT2D eigenvalue weighted by atomic mass is 32.2. The van der Waals surface area contributed by atoms with E-state index in [0.717, 1.165) is 29.3 Å². The standard InChI is InChI=1S/C18H19N5S/c1-3-20-18-22-15(13-8-10-19-11-9-13)12-17(23-18)21-14-6-4-5-7-16(14)24-2/h4-12H,3H2,1-2H3,(H2,20,21,22,23). The molecule has 2 N–H and O–H groups in total. The fourth-order valence-corrected chi connectivity index (χ4v) is 2.86. The molecule has 6 heteroatoms. The zero-order valence-electron chi connectivity index (χ0n) is 13.7. The Hall–Kier alpha value is -2.60. The molecule has 0 aliphatic heterocycles. The van der Waals surface area contributed by atoms with E-state index in [1.165, 1.54) is 4.90 Å². The van der Waals surface area contributed by atoms with Crippen molar-refractivity contribution in [2.75, 3.05) is 23.4 Å². The van der Waals surface area contributed by atoms with Crippen molar-refractivity contribution in [3.8, 4) is 11.3 Å². The van der Waals surface area contributed by atoms with Gasteiger partial charge in [0.2, 0.25) is 5.95 Å². The predicted octanol–water partition coefficient (Wildman–Crippen LogP) is 4.44. The first-order valence-electron chi connectivity index (χ1n) is 7.73. The Labute approximate surface area is 146 Å². The number of anilines is 3. The van der Waals surface area contributed by atoms with Crippen LogP contribution in [-0.4, -0.2) is 27.8 Å². The summed E-state index contributed by atoms with van der Waals surface area (Å²) < 4.78 is 0. The lowest BCUT2D eigenvalue weighted by Gasteiger charge is -2.12. The van der Waals surface area contributed by atoms with Crippen LogP contribution in [-0.2, 0) is 0 Å². The average molecular weight is 337 g/mol. The first kappa shape index (κ1) is 16.3. The number of aromatic nitrogens is 3. The number of nitrogens with zero attached hydrogens (tertiary/aromatic N) is 3. The number of pyridine rings is 1. The first-order valence-corrected chi connectivity index (χ1v) is 8.96. The summed E-state index contributed by atoms with van der Waals surface area (Å²) in [5.74, 6) is 1.37. The van der Waals surface area contributed by atoms with Gasteiger partial charge in [-0.15, -0.1) is 11.8 Å². The Balaban J connectivity index is 1.99. The quantitative estimate of drug-likeness (QED) is 0.649. The van der Waals surface area contributed by atoms with Crippen LogP contribution in [0.2, 0.25) is 0 Å². The van der Waals surface area contributed by atoms with Crippen LogP contribution >= 0.6 is 11.8 Å². The molecule has 0 fully saturated rings. The molecule has 3 rings (SSSR count). The Morgan fingerprint density at radius 2 is 1.83 bits per heavy atom. The van der Waals surface area contributed by atoms with Crippen molar-refractivity contribution in [3.63, 3.8) is 0 Å². The third kappa shape index (κ3) is 3.83. The number of hydrogen-bond donors (Lipinski definition) is 2. The number of nitrogens with one attached hydrogen (secondary N) is 2. The molecule has 2 aromatic heterocycles. The van der Waals surface area contributed by atoms with Crippen LogP contribution in [0.25, 0.3) is 11.3 Å². The van der Waals surface area contributed by atoms with E-state index in [9.17, 15) is 0 Å². The molecule has 0 spiro atoms. The molecule has 0 atom stereocenters. The van der Waals surface area contributed by atoms with Crippen LogP contribution in [0.5, 0.6) is 0 Å². The number of benzene rings is 1. The molecule has 122 valence electrons. The second-order valence-electron chi connectivity index (χ2n) is 5.05. The third-order valence-corrected chi connectivity index (χ3v) is 4.20. The highest BCUT2D eigenvalue weighted by Crippen LogP contribution is 2.29.